The number of carbonyl (C=O) groups excluding carboxylic acids is 1. The van der Waals surface area contributed by atoms with E-state index in [1.54, 1.807) is 7.11 Å². The fraction of sp³-hybridized carbons (Fsp3) is 0.650. The third kappa shape index (κ3) is 2.92. The van der Waals surface area contributed by atoms with E-state index in [-0.39, 0.29) is 5.97 Å². The maximum Gasteiger partial charge on any atom is 0.341 e. The number of esters is 1. The standard InChI is InChI=1S/C20H28O4/c1-3-4-5-8-15-23-18(21)20-14-7-6-13-19(20,24-20)16-9-11-17(22-2)12-10-16/h9-12H,3-8,13-15H2,1-2H3. The average Bonchev–Trinajstić information content (AvgIpc) is 3.33. The molecule has 1 aliphatic carbocycles. The number of ether oxygens (including phenoxy) is 3. The summed E-state index contributed by atoms with van der Waals surface area (Å²) < 4.78 is 16.9. The highest BCUT2D eigenvalue weighted by atomic mass is 16.7. The van der Waals surface area contributed by atoms with Crippen molar-refractivity contribution in [3.63, 3.8) is 0 Å². The number of hydrogen-bond acceptors (Lipinski definition) is 4. The van der Waals surface area contributed by atoms with Crippen molar-refractivity contribution in [2.24, 2.45) is 0 Å². The molecule has 1 aromatic carbocycles. The molecule has 0 N–H and O–H groups in total. The maximum absolute atomic E-state index is 12.7. The first-order chi connectivity index (χ1) is 11.7. The van der Waals surface area contributed by atoms with Gasteiger partial charge in [-0.3, -0.25) is 0 Å². The zero-order valence-corrected chi connectivity index (χ0v) is 14.8. The average molecular weight is 332 g/mol. The minimum absolute atomic E-state index is 0.172. The number of hydrogen-bond donors (Lipinski definition) is 0. The third-order valence-electron chi connectivity index (χ3n) is 5.38. The van der Waals surface area contributed by atoms with E-state index in [2.05, 4.69) is 6.92 Å². The van der Waals surface area contributed by atoms with Gasteiger partial charge in [-0.2, -0.15) is 0 Å². The second kappa shape index (κ2) is 7.14. The van der Waals surface area contributed by atoms with Gasteiger partial charge in [0.05, 0.1) is 13.7 Å². The Morgan fingerprint density at radius 3 is 2.58 bits per heavy atom. The van der Waals surface area contributed by atoms with Gasteiger partial charge in [-0.1, -0.05) is 38.3 Å². The van der Waals surface area contributed by atoms with Crippen molar-refractivity contribution in [3.8, 4) is 5.75 Å². The Labute approximate surface area is 144 Å². The SMILES string of the molecule is CCCCCCOC(=O)C12CCCCC1(c1ccc(OC)cc1)O2. The van der Waals surface area contributed by atoms with Gasteiger partial charge in [0.25, 0.3) is 0 Å². The molecule has 3 rings (SSSR count). The molecule has 1 heterocycles. The monoisotopic (exact) mass is 332 g/mol. The van der Waals surface area contributed by atoms with Gasteiger partial charge in [-0.05, 0) is 49.8 Å². The highest BCUT2D eigenvalue weighted by Gasteiger charge is 2.76. The normalized spacial score (nSPS) is 28.1. The lowest BCUT2D eigenvalue weighted by Gasteiger charge is -2.24. The van der Waals surface area contributed by atoms with Gasteiger partial charge in [-0.25, -0.2) is 4.79 Å². The van der Waals surface area contributed by atoms with Crippen molar-refractivity contribution in [3.05, 3.63) is 29.8 Å². The van der Waals surface area contributed by atoms with Crippen LogP contribution in [-0.2, 0) is 19.9 Å². The van der Waals surface area contributed by atoms with Crippen LogP contribution in [0.1, 0.15) is 63.9 Å². The van der Waals surface area contributed by atoms with E-state index in [9.17, 15) is 4.79 Å². The van der Waals surface area contributed by atoms with E-state index < -0.39 is 11.2 Å². The molecule has 2 aliphatic rings. The molecule has 4 nitrogen and oxygen atoms in total. The van der Waals surface area contributed by atoms with E-state index in [0.717, 1.165) is 49.8 Å². The predicted molar refractivity (Wildman–Crippen MR) is 92.1 cm³/mol. The van der Waals surface area contributed by atoms with Crippen LogP contribution in [0.4, 0.5) is 0 Å². The molecule has 0 spiro atoms. The number of unbranched alkanes of at least 4 members (excludes halogenated alkanes) is 3. The van der Waals surface area contributed by atoms with Gasteiger partial charge >= 0.3 is 5.97 Å². The van der Waals surface area contributed by atoms with Gasteiger partial charge in [0.2, 0.25) is 0 Å². The lowest BCUT2D eigenvalue weighted by atomic mass is 9.75. The second-order valence-electron chi connectivity index (χ2n) is 6.89. The minimum Gasteiger partial charge on any atom is -0.497 e. The first-order valence-corrected chi connectivity index (χ1v) is 9.20. The van der Waals surface area contributed by atoms with E-state index in [1.807, 2.05) is 24.3 Å². The summed E-state index contributed by atoms with van der Waals surface area (Å²) in [6.45, 7) is 2.68. The summed E-state index contributed by atoms with van der Waals surface area (Å²) in [5.74, 6) is 0.644. The van der Waals surface area contributed by atoms with Crippen LogP contribution in [0.15, 0.2) is 24.3 Å². The van der Waals surface area contributed by atoms with Gasteiger partial charge in [0, 0.05) is 0 Å². The summed E-state index contributed by atoms with van der Waals surface area (Å²) in [4.78, 5) is 12.7. The summed E-state index contributed by atoms with van der Waals surface area (Å²) in [5, 5.41) is 0. The highest BCUT2D eigenvalue weighted by molar-refractivity contribution is 5.85. The molecule has 1 saturated carbocycles. The molecule has 2 unspecified atom stereocenters. The van der Waals surface area contributed by atoms with Crippen LogP contribution in [0.2, 0.25) is 0 Å². The van der Waals surface area contributed by atoms with Crippen LogP contribution >= 0.6 is 0 Å². The molecule has 24 heavy (non-hydrogen) atoms. The Morgan fingerprint density at radius 2 is 1.88 bits per heavy atom. The zero-order valence-electron chi connectivity index (χ0n) is 14.8. The molecule has 132 valence electrons. The fourth-order valence-corrected chi connectivity index (χ4v) is 3.94. The zero-order chi connectivity index (χ0) is 17.0. The molecule has 1 aliphatic heterocycles. The van der Waals surface area contributed by atoms with Gasteiger partial charge in [0.15, 0.2) is 5.60 Å². The van der Waals surface area contributed by atoms with Crippen LogP contribution < -0.4 is 4.74 Å². The Bertz CT molecular complexity index is 568. The lowest BCUT2D eigenvalue weighted by molar-refractivity contribution is -0.150. The number of methoxy groups -OCH3 is 1. The largest absolute Gasteiger partial charge is 0.497 e. The van der Waals surface area contributed by atoms with E-state index in [0.29, 0.717) is 6.61 Å². The second-order valence-corrected chi connectivity index (χ2v) is 6.89. The van der Waals surface area contributed by atoms with Crippen molar-refractivity contribution in [1.82, 2.24) is 0 Å². The Hall–Kier alpha value is -1.55. The summed E-state index contributed by atoms with van der Waals surface area (Å²) in [5.41, 5.74) is -0.186. The van der Waals surface area contributed by atoms with Crippen molar-refractivity contribution in [1.29, 1.82) is 0 Å². The molecular formula is C20H28O4. The summed E-state index contributed by atoms with van der Waals surface area (Å²) in [7, 11) is 1.65. The first-order valence-electron chi connectivity index (χ1n) is 9.20. The van der Waals surface area contributed by atoms with Gasteiger partial charge in [-0.15, -0.1) is 0 Å². The predicted octanol–water partition coefficient (Wildman–Crippen LogP) is 4.36. The smallest absolute Gasteiger partial charge is 0.341 e. The summed E-state index contributed by atoms with van der Waals surface area (Å²) >= 11 is 0. The van der Waals surface area contributed by atoms with E-state index >= 15 is 0 Å². The first kappa shape index (κ1) is 17.3. The van der Waals surface area contributed by atoms with Crippen LogP contribution in [0, 0.1) is 0 Å². The fourth-order valence-electron chi connectivity index (χ4n) is 3.94. The van der Waals surface area contributed by atoms with E-state index in [4.69, 9.17) is 14.2 Å². The molecular weight excluding hydrogens is 304 g/mol. The van der Waals surface area contributed by atoms with Crippen molar-refractivity contribution in [2.75, 3.05) is 13.7 Å². The number of carbonyl (C=O) groups is 1. The topological polar surface area (TPSA) is 48.1 Å². The molecule has 0 radical (unpaired) electrons. The number of rotatable bonds is 8. The molecule has 1 aromatic rings. The van der Waals surface area contributed by atoms with Crippen molar-refractivity contribution >= 4 is 5.97 Å². The quantitative estimate of drug-likeness (QED) is 0.403. The lowest BCUT2D eigenvalue weighted by Crippen LogP contribution is -2.37. The molecule has 4 heteroatoms. The minimum atomic E-state index is -0.759. The number of benzene rings is 1. The highest BCUT2D eigenvalue weighted by Crippen LogP contribution is 2.64. The molecule has 0 aromatic heterocycles. The van der Waals surface area contributed by atoms with Crippen LogP contribution in [0.3, 0.4) is 0 Å². The summed E-state index contributed by atoms with van der Waals surface area (Å²) in [6, 6.07) is 7.89. The van der Waals surface area contributed by atoms with Gasteiger partial charge < -0.3 is 14.2 Å². The summed E-state index contributed by atoms with van der Waals surface area (Å²) in [6.07, 6.45) is 8.15. The van der Waals surface area contributed by atoms with Crippen LogP contribution in [-0.4, -0.2) is 25.3 Å². The van der Waals surface area contributed by atoms with Crippen LogP contribution in [0.25, 0.3) is 0 Å². The maximum atomic E-state index is 12.7. The molecule has 0 bridgehead atoms. The Balaban J connectivity index is 1.68. The van der Waals surface area contributed by atoms with Crippen molar-refractivity contribution in [2.45, 2.75) is 69.5 Å². The third-order valence-corrected chi connectivity index (χ3v) is 5.38. The Kier molecular flexibility index (Phi) is 5.14. The Morgan fingerprint density at radius 1 is 1.12 bits per heavy atom. The number of fused-ring (bicyclic) bond motifs is 1. The molecule has 1 saturated heterocycles. The molecule has 0 amide bonds. The van der Waals surface area contributed by atoms with Crippen molar-refractivity contribution < 1.29 is 19.0 Å². The van der Waals surface area contributed by atoms with E-state index in [1.165, 1.54) is 12.8 Å². The van der Waals surface area contributed by atoms with Gasteiger partial charge in [0.1, 0.15) is 11.4 Å². The molecule has 2 fully saturated rings. The molecule has 2 atom stereocenters. The van der Waals surface area contributed by atoms with Crippen LogP contribution in [0.5, 0.6) is 5.75 Å². The number of epoxide rings is 1.